The first kappa shape index (κ1) is 19.9. The minimum Gasteiger partial charge on any atom is -0.353 e. The zero-order valence-corrected chi connectivity index (χ0v) is 16.9. The van der Waals surface area contributed by atoms with E-state index in [-0.39, 0.29) is 28.4 Å². The summed E-state index contributed by atoms with van der Waals surface area (Å²) in [7, 11) is -1.77. The van der Waals surface area contributed by atoms with Gasteiger partial charge in [-0.05, 0) is 25.0 Å². The quantitative estimate of drug-likeness (QED) is 0.707. The van der Waals surface area contributed by atoms with Crippen molar-refractivity contribution in [1.29, 1.82) is 0 Å². The van der Waals surface area contributed by atoms with Crippen LogP contribution in [0.5, 0.6) is 0 Å². The van der Waals surface area contributed by atoms with Crippen molar-refractivity contribution in [2.75, 3.05) is 5.75 Å². The Labute approximate surface area is 163 Å². The number of nitrogens with one attached hydrogen (secondary N) is 1. The molecule has 1 saturated carbocycles. The second kappa shape index (κ2) is 8.88. The minimum atomic E-state index is -3.48. The number of carbonyl (C=O) groups excluding carboxylic acids is 1. The van der Waals surface area contributed by atoms with E-state index in [0.717, 1.165) is 12.8 Å². The van der Waals surface area contributed by atoms with Crippen molar-refractivity contribution in [1.82, 2.24) is 20.1 Å². The predicted molar refractivity (Wildman–Crippen MR) is 104 cm³/mol. The second-order valence-corrected chi connectivity index (χ2v) is 9.65. The molecule has 0 spiro atoms. The van der Waals surface area contributed by atoms with E-state index in [1.165, 1.54) is 31.0 Å². The molecule has 1 heterocycles. The van der Waals surface area contributed by atoms with Gasteiger partial charge in [0.25, 0.3) is 0 Å². The largest absolute Gasteiger partial charge is 0.353 e. The third-order valence-electron chi connectivity index (χ3n) is 4.65. The molecule has 0 aliphatic heterocycles. The molecule has 0 radical (unpaired) electrons. The highest BCUT2D eigenvalue weighted by Gasteiger charge is 2.21. The van der Waals surface area contributed by atoms with Crippen LogP contribution in [-0.2, 0) is 27.4 Å². The molecule has 1 N–H and O–H groups in total. The van der Waals surface area contributed by atoms with Crippen LogP contribution >= 0.6 is 11.8 Å². The Hall–Kier alpha value is -1.87. The summed E-state index contributed by atoms with van der Waals surface area (Å²) >= 11 is 1.27. The molecule has 0 unspecified atom stereocenters. The average molecular weight is 409 g/mol. The van der Waals surface area contributed by atoms with Crippen LogP contribution in [0.15, 0.2) is 40.4 Å². The summed E-state index contributed by atoms with van der Waals surface area (Å²) in [5.41, 5.74) is 0. The number of thioether (sulfide) groups is 1. The van der Waals surface area contributed by atoms with Crippen LogP contribution in [0.4, 0.5) is 0 Å². The number of rotatable bonds is 7. The summed E-state index contributed by atoms with van der Waals surface area (Å²) in [6.07, 6.45) is 5.67. The molecule has 1 aromatic heterocycles. The number of hydrogen-bond acceptors (Lipinski definition) is 6. The van der Waals surface area contributed by atoms with Gasteiger partial charge in [-0.15, -0.1) is 10.2 Å². The maximum Gasteiger partial charge on any atom is 0.230 e. The molecule has 1 fully saturated rings. The number of amides is 1. The lowest BCUT2D eigenvalue weighted by Gasteiger charge is -2.22. The van der Waals surface area contributed by atoms with Crippen molar-refractivity contribution < 1.29 is 13.2 Å². The van der Waals surface area contributed by atoms with E-state index in [9.17, 15) is 13.2 Å². The molecule has 1 aromatic carbocycles. The van der Waals surface area contributed by atoms with Gasteiger partial charge >= 0.3 is 0 Å². The molecular formula is C18H24N4O3S2. The summed E-state index contributed by atoms with van der Waals surface area (Å²) in [5, 5.41) is 11.6. The summed E-state index contributed by atoms with van der Waals surface area (Å²) in [6, 6.07) is 8.56. The van der Waals surface area contributed by atoms with Crippen molar-refractivity contribution >= 4 is 27.5 Å². The highest BCUT2D eigenvalue weighted by atomic mass is 32.2. The van der Waals surface area contributed by atoms with Gasteiger partial charge in [0, 0.05) is 13.1 Å². The molecular weight excluding hydrogens is 384 g/mol. The molecule has 1 aliphatic carbocycles. The van der Waals surface area contributed by atoms with Gasteiger partial charge in [-0.3, -0.25) is 4.79 Å². The Morgan fingerprint density at radius 3 is 2.59 bits per heavy atom. The van der Waals surface area contributed by atoms with E-state index in [2.05, 4.69) is 15.5 Å². The Morgan fingerprint density at radius 1 is 1.19 bits per heavy atom. The third kappa shape index (κ3) is 5.32. The summed E-state index contributed by atoms with van der Waals surface area (Å²) in [6.45, 7) is 0. The first-order valence-corrected chi connectivity index (χ1v) is 11.7. The normalized spacial score (nSPS) is 15.6. The number of carbonyl (C=O) groups is 1. The fourth-order valence-electron chi connectivity index (χ4n) is 3.12. The highest BCUT2D eigenvalue weighted by molar-refractivity contribution is 7.99. The van der Waals surface area contributed by atoms with E-state index in [0.29, 0.717) is 11.0 Å². The van der Waals surface area contributed by atoms with Crippen molar-refractivity contribution in [2.24, 2.45) is 7.05 Å². The lowest BCUT2D eigenvalue weighted by Crippen LogP contribution is -2.37. The summed E-state index contributed by atoms with van der Waals surface area (Å²) in [5.74, 6) is 0.353. The van der Waals surface area contributed by atoms with E-state index in [4.69, 9.17) is 0 Å². The third-order valence-corrected chi connectivity index (χ3v) is 7.30. The maximum atomic E-state index is 12.5. The minimum absolute atomic E-state index is 0.0200. The molecule has 9 heteroatoms. The Balaban J connectivity index is 1.57. The Bertz CT molecular complexity index is 875. The van der Waals surface area contributed by atoms with Gasteiger partial charge in [0.15, 0.2) is 15.0 Å². The van der Waals surface area contributed by atoms with Crippen LogP contribution in [-0.4, -0.2) is 40.9 Å². The lowest BCUT2D eigenvalue weighted by atomic mass is 9.95. The van der Waals surface area contributed by atoms with Crippen LogP contribution in [0, 0.1) is 0 Å². The zero-order chi connectivity index (χ0) is 19.3. The molecule has 1 amide bonds. The van der Waals surface area contributed by atoms with Gasteiger partial charge in [-0.1, -0.05) is 49.2 Å². The number of benzene rings is 1. The van der Waals surface area contributed by atoms with Crippen molar-refractivity contribution in [2.45, 2.75) is 54.0 Å². The number of hydrogen-bond donors (Lipinski definition) is 1. The van der Waals surface area contributed by atoms with Crippen molar-refractivity contribution in [3.05, 3.63) is 36.2 Å². The van der Waals surface area contributed by atoms with E-state index < -0.39 is 9.84 Å². The fourth-order valence-corrected chi connectivity index (χ4v) is 5.19. The zero-order valence-electron chi connectivity index (χ0n) is 15.3. The van der Waals surface area contributed by atoms with Crippen molar-refractivity contribution in [3.8, 4) is 0 Å². The number of aromatic nitrogens is 3. The Kier molecular flexibility index (Phi) is 6.54. The predicted octanol–water partition coefficient (Wildman–Crippen LogP) is 2.33. The van der Waals surface area contributed by atoms with E-state index in [1.54, 1.807) is 41.9 Å². The van der Waals surface area contributed by atoms with E-state index in [1.807, 2.05) is 0 Å². The van der Waals surface area contributed by atoms with Crippen LogP contribution in [0.25, 0.3) is 0 Å². The SMILES string of the molecule is Cn1c(CS(=O)(=O)c2ccccc2)nnc1SCC(=O)NC1CCCCC1. The van der Waals surface area contributed by atoms with Crippen LogP contribution in [0.2, 0.25) is 0 Å². The summed E-state index contributed by atoms with van der Waals surface area (Å²) < 4.78 is 26.6. The number of nitrogens with zero attached hydrogens (tertiary/aromatic N) is 3. The Morgan fingerprint density at radius 2 is 1.89 bits per heavy atom. The van der Waals surface area contributed by atoms with Gasteiger partial charge in [-0.2, -0.15) is 0 Å². The van der Waals surface area contributed by atoms with E-state index >= 15 is 0 Å². The lowest BCUT2D eigenvalue weighted by molar-refractivity contribution is -0.119. The van der Waals surface area contributed by atoms with Crippen LogP contribution < -0.4 is 5.32 Å². The van der Waals surface area contributed by atoms with Crippen LogP contribution in [0.3, 0.4) is 0 Å². The van der Waals surface area contributed by atoms with Crippen LogP contribution in [0.1, 0.15) is 37.9 Å². The molecule has 1 aliphatic rings. The molecule has 0 saturated heterocycles. The number of sulfone groups is 1. The molecule has 0 bridgehead atoms. The van der Waals surface area contributed by atoms with Gasteiger partial charge in [0.1, 0.15) is 11.6 Å². The van der Waals surface area contributed by atoms with Gasteiger partial charge in [-0.25, -0.2) is 8.42 Å². The first-order valence-electron chi connectivity index (χ1n) is 9.04. The molecule has 27 heavy (non-hydrogen) atoms. The van der Waals surface area contributed by atoms with Gasteiger partial charge < -0.3 is 9.88 Å². The summed E-state index contributed by atoms with van der Waals surface area (Å²) in [4.78, 5) is 12.4. The molecule has 146 valence electrons. The monoisotopic (exact) mass is 408 g/mol. The highest BCUT2D eigenvalue weighted by Crippen LogP contribution is 2.21. The topological polar surface area (TPSA) is 93.9 Å². The molecule has 2 aromatic rings. The smallest absolute Gasteiger partial charge is 0.230 e. The standard InChI is InChI=1S/C18H24N4O3S2/c1-22-16(13-27(24,25)15-10-6-3-7-11-15)20-21-18(22)26-12-17(23)19-14-8-4-2-5-9-14/h3,6-7,10-11,14H,2,4-5,8-9,12-13H2,1H3,(H,19,23). The molecule has 0 atom stereocenters. The molecule has 3 rings (SSSR count). The maximum absolute atomic E-state index is 12.5. The second-order valence-electron chi connectivity index (χ2n) is 6.72. The fraction of sp³-hybridized carbons (Fsp3) is 0.500. The average Bonchev–Trinajstić information content (AvgIpc) is 3.01. The first-order chi connectivity index (χ1) is 13.0. The van der Waals surface area contributed by atoms with Crippen molar-refractivity contribution in [3.63, 3.8) is 0 Å². The van der Waals surface area contributed by atoms with Gasteiger partial charge in [0.05, 0.1) is 10.6 Å². The van der Waals surface area contributed by atoms with Gasteiger partial charge in [0.2, 0.25) is 5.91 Å². The molecule has 7 nitrogen and oxygen atoms in total.